The van der Waals surface area contributed by atoms with Crippen LogP contribution in [0.25, 0.3) is 0 Å². The second-order valence-electron chi connectivity index (χ2n) is 19.1. The molecule has 7 rings (SSSR count). The summed E-state index contributed by atoms with van der Waals surface area (Å²) < 4.78 is 6.25. The van der Waals surface area contributed by atoms with E-state index in [1.165, 1.54) is 18.6 Å². The Balaban J connectivity index is 0.000000353. The Labute approximate surface area is 383 Å². The maximum absolute atomic E-state index is 14.6. The van der Waals surface area contributed by atoms with Crippen molar-refractivity contribution in [3.05, 3.63) is 36.4 Å². The van der Waals surface area contributed by atoms with Crippen molar-refractivity contribution in [2.75, 3.05) is 13.2 Å². The molecule has 22 heteroatoms. The zero-order valence-corrected chi connectivity index (χ0v) is 38.0. The Morgan fingerprint density at radius 1 is 0.909 bits per heavy atom. The first-order chi connectivity index (χ1) is 31.4. The predicted molar refractivity (Wildman–Crippen MR) is 232 cm³/mol. The highest BCUT2D eigenvalue weighted by molar-refractivity contribution is 6.38. The molecule has 22 nitrogen and oxygen atoms in total. The third kappa shape index (κ3) is 11.9. The van der Waals surface area contributed by atoms with E-state index in [-0.39, 0.29) is 41.2 Å². The molecule has 6 amide bonds. The number of ether oxygens (including phenoxy) is 1. The number of hydrogen-bond donors (Lipinski definition) is 8. The Morgan fingerprint density at radius 3 is 2.23 bits per heavy atom. The van der Waals surface area contributed by atoms with Crippen LogP contribution in [0.5, 0.6) is 0 Å². The molecular weight excluding hydrogens is 859 g/mol. The lowest BCUT2D eigenvalue weighted by Gasteiger charge is -2.38. The van der Waals surface area contributed by atoms with Crippen molar-refractivity contribution in [3.8, 4) is 0 Å². The molecule has 9 N–H and O–H groups in total. The molecule has 2 aromatic rings. The summed E-state index contributed by atoms with van der Waals surface area (Å²) in [6.45, 7) is 7.41. The van der Waals surface area contributed by atoms with Gasteiger partial charge in [0.2, 0.25) is 29.3 Å². The first-order valence-electron chi connectivity index (χ1n) is 23.1. The first-order valence-corrected chi connectivity index (χ1v) is 23.1. The van der Waals surface area contributed by atoms with Crippen LogP contribution in [-0.4, -0.2) is 148 Å². The number of hydrogen-bond acceptors (Lipinski definition) is 15. The third-order valence-corrected chi connectivity index (χ3v) is 13.2. The van der Waals surface area contributed by atoms with Crippen molar-refractivity contribution in [2.24, 2.45) is 28.9 Å². The van der Waals surface area contributed by atoms with Crippen molar-refractivity contribution in [2.45, 2.75) is 159 Å². The Bertz CT molecular complexity index is 2060. The lowest BCUT2D eigenvalue weighted by atomic mass is 9.82. The average molecular weight is 924 g/mol. The highest BCUT2D eigenvalue weighted by Gasteiger charge is 2.53. The van der Waals surface area contributed by atoms with Crippen molar-refractivity contribution < 1.29 is 53.6 Å². The van der Waals surface area contributed by atoms with Gasteiger partial charge in [-0.05, 0) is 68.1 Å². The molecule has 0 radical (unpaired) electrons. The minimum atomic E-state index is -1.27. The number of Topliss-reactive ketones (excluding diaryl/α,β-unsaturated/α-hetero) is 1. The lowest BCUT2D eigenvalue weighted by Crippen LogP contribution is -2.62. The number of nitrogens with two attached hydrogens (primary N) is 1. The molecule has 0 spiro atoms. The fourth-order valence-corrected chi connectivity index (χ4v) is 9.48. The maximum Gasteiger partial charge on any atom is 0.289 e. The summed E-state index contributed by atoms with van der Waals surface area (Å²) in [7, 11) is 0. The van der Waals surface area contributed by atoms with Gasteiger partial charge in [-0.15, -0.1) is 5.10 Å². The molecule has 0 aromatic carbocycles. The van der Waals surface area contributed by atoms with Gasteiger partial charge in [-0.25, -0.2) is 14.6 Å². The molecule has 0 bridgehead atoms. The molecule has 4 heterocycles. The van der Waals surface area contributed by atoms with Crippen molar-refractivity contribution >= 4 is 41.2 Å². The van der Waals surface area contributed by atoms with Crippen LogP contribution in [0.2, 0.25) is 0 Å². The van der Waals surface area contributed by atoms with Gasteiger partial charge in [0.1, 0.15) is 48.5 Å². The van der Waals surface area contributed by atoms with Gasteiger partial charge >= 0.3 is 0 Å². The number of rotatable bonds is 16. The maximum atomic E-state index is 14.6. The fraction of sp³-hybridized carbons (Fsp3) is 0.705. The summed E-state index contributed by atoms with van der Waals surface area (Å²) in [4.78, 5) is 106. The van der Waals surface area contributed by atoms with E-state index in [9.17, 15) is 43.8 Å². The molecule has 2 aliphatic heterocycles. The van der Waals surface area contributed by atoms with Gasteiger partial charge < -0.3 is 52.0 Å². The number of aliphatic hydroxyl groups is 3. The number of amides is 6. The normalized spacial score (nSPS) is 26.5. The SMILES string of the molecule is CCC[C@H](NC(=O)[C@@H]1[C@H]2CCC[C@H]2CN1C(=O)[C@@H](NC(=O)[C@@H](NC(=O)c1cnccn1)C1CCCCC1)C(C)(C)C)C(=O)C(=O)NC1CC1.NC(=O)c1ncn([C@@H]2O[C@H](CO)[C@@H](O)[C@H]2O)n1. The van der Waals surface area contributed by atoms with Crippen LogP contribution in [0.3, 0.4) is 0 Å². The quantitative estimate of drug-likeness (QED) is 0.0979. The number of likely N-dealkylation sites (tertiary alicyclic amines) is 1. The van der Waals surface area contributed by atoms with E-state index in [0.29, 0.717) is 19.4 Å². The largest absolute Gasteiger partial charge is 0.394 e. The van der Waals surface area contributed by atoms with Gasteiger partial charge in [0.05, 0.1) is 18.8 Å². The highest BCUT2D eigenvalue weighted by Crippen LogP contribution is 2.43. The molecule has 0 unspecified atom stereocenters. The predicted octanol–water partition coefficient (Wildman–Crippen LogP) is -0.566. The Kier molecular flexibility index (Phi) is 16.6. The number of aromatic nitrogens is 5. The van der Waals surface area contributed by atoms with Gasteiger partial charge in [0.25, 0.3) is 17.7 Å². The van der Waals surface area contributed by atoms with Gasteiger partial charge in [-0.1, -0.05) is 59.8 Å². The molecule has 362 valence electrons. The highest BCUT2D eigenvalue weighted by atomic mass is 16.6. The fourth-order valence-electron chi connectivity index (χ4n) is 9.48. The van der Waals surface area contributed by atoms with E-state index in [4.69, 9.17) is 15.6 Å². The second kappa shape index (κ2) is 21.9. The zero-order chi connectivity index (χ0) is 47.9. The summed E-state index contributed by atoms with van der Waals surface area (Å²) in [5.74, 6) is -4.23. The number of aliphatic hydroxyl groups excluding tert-OH is 3. The lowest BCUT2D eigenvalue weighted by molar-refractivity contribution is -0.146. The number of carbonyl (C=O) groups is 7. The van der Waals surface area contributed by atoms with Gasteiger partial charge in [0.15, 0.2) is 6.23 Å². The number of primary amides is 1. The molecule has 2 saturated heterocycles. The summed E-state index contributed by atoms with van der Waals surface area (Å²) in [6, 6.07) is -3.68. The minimum absolute atomic E-state index is 0.0132. The van der Waals surface area contributed by atoms with Gasteiger partial charge in [-0.2, -0.15) is 0 Å². The van der Waals surface area contributed by atoms with E-state index in [1.54, 1.807) is 4.90 Å². The summed E-state index contributed by atoms with van der Waals surface area (Å²) in [6.07, 6.45) is 10.6. The van der Waals surface area contributed by atoms with Crippen LogP contribution in [0.4, 0.5) is 0 Å². The molecule has 10 atom stereocenters. The topological polar surface area (TPSA) is 323 Å². The number of nitrogens with zero attached hydrogens (tertiary/aromatic N) is 6. The zero-order valence-electron chi connectivity index (χ0n) is 38.0. The molecular formula is C44H65N11O11. The van der Waals surface area contributed by atoms with Crippen molar-refractivity contribution in [1.29, 1.82) is 0 Å². The summed E-state index contributed by atoms with van der Waals surface area (Å²) in [5.41, 5.74) is 4.33. The molecule has 5 aliphatic rings. The van der Waals surface area contributed by atoms with E-state index >= 15 is 0 Å². The standard InChI is InChI=1S/C36H53N7O6.C8H12N4O5/c1-5-10-25(29(44)34(48)39-23-15-16-23)40-33(47)28-24-14-9-13-22(24)20-43(28)35(49)30(36(2,3)4)42-32(46)27(21-11-7-6-8-12-21)41-31(45)26-19-37-17-18-38-26;9-6(16)7-10-2-12(11-7)8-5(15)4(14)3(1-13)17-8/h17-19,21-25,27-28,30H,5-16,20H2,1-4H3,(H,39,48)(H,40,47)(H,41,45)(H,42,46);2-5,8,13-15H,1H2,(H2,9,16)/t22-,24-,25-,27-,28-,30+;3-,4-,5-,8-/m01/s1. The molecule has 5 fully saturated rings. The molecule has 3 saturated carbocycles. The first kappa shape index (κ1) is 50.0. The van der Waals surface area contributed by atoms with Crippen molar-refractivity contribution in [1.82, 2.24) is 50.9 Å². The third-order valence-electron chi connectivity index (χ3n) is 13.2. The molecule has 2 aromatic heterocycles. The molecule has 66 heavy (non-hydrogen) atoms. The van der Waals surface area contributed by atoms with Crippen LogP contribution >= 0.6 is 0 Å². The number of fused-ring (bicyclic) bond motifs is 1. The van der Waals surface area contributed by atoms with Crippen LogP contribution in [0.1, 0.15) is 132 Å². The monoisotopic (exact) mass is 923 g/mol. The van der Waals surface area contributed by atoms with E-state index in [1.807, 2.05) is 27.7 Å². The van der Waals surface area contributed by atoms with Crippen LogP contribution < -0.4 is 27.0 Å². The summed E-state index contributed by atoms with van der Waals surface area (Å²) >= 11 is 0. The van der Waals surface area contributed by atoms with Crippen LogP contribution in [0.15, 0.2) is 24.9 Å². The van der Waals surface area contributed by atoms with E-state index in [2.05, 4.69) is 41.3 Å². The van der Waals surface area contributed by atoms with Gasteiger partial charge in [-0.3, -0.25) is 38.5 Å². The van der Waals surface area contributed by atoms with Crippen LogP contribution in [-0.2, 0) is 28.7 Å². The van der Waals surface area contributed by atoms with E-state index < -0.39 is 96.0 Å². The second-order valence-corrected chi connectivity index (χ2v) is 19.1. The summed E-state index contributed by atoms with van der Waals surface area (Å²) in [5, 5.41) is 43.3. The molecule has 3 aliphatic carbocycles. The Morgan fingerprint density at radius 2 is 1.64 bits per heavy atom. The van der Waals surface area contributed by atoms with Crippen molar-refractivity contribution in [3.63, 3.8) is 0 Å². The number of nitrogens with one attached hydrogen (secondary N) is 4. The van der Waals surface area contributed by atoms with Crippen LogP contribution in [0, 0.1) is 23.2 Å². The van der Waals surface area contributed by atoms with Gasteiger partial charge in [0, 0.05) is 25.0 Å². The minimum Gasteiger partial charge on any atom is -0.394 e. The van der Waals surface area contributed by atoms with E-state index in [0.717, 1.165) is 75.2 Å². The smallest absolute Gasteiger partial charge is 0.289 e. The number of ketones is 1. The average Bonchev–Trinajstić information content (AvgIpc) is 3.58. The Hall–Kier alpha value is -5.45. The number of carbonyl (C=O) groups excluding carboxylic acids is 7.